The van der Waals surface area contributed by atoms with Gasteiger partial charge in [0.1, 0.15) is 12.4 Å². The minimum absolute atomic E-state index is 0.0914. The summed E-state index contributed by atoms with van der Waals surface area (Å²) in [7, 11) is 0. The molecule has 0 spiro atoms. The molecular formula is C14H10F3O. The van der Waals surface area contributed by atoms with Crippen molar-refractivity contribution in [1.82, 2.24) is 0 Å². The van der Waals surface area contributed by atoms with Gasteiger partial charge in [0.25, 0.3) is 0 Å². The topological polar surface area (TPSA) is 9.23 Å². The smallest absolute Gasteiger partial charge is 0.416 e. The summed E-state index contributed by atoms with van der Waals surface area (Å²) in [5.74, 6) is 0.0914. The fourth-order valence-electron chi connectivity index (χ4n) is 1.44. The van der Waals surface area contributed by atoms with E-state index in [0.29, 0.717) is 0 Å². The summed E-state index contributed by atoms with van der Waals surface area (Å²) in [6.45, 7) is 0.221. The SMILES string of the molecule is FC(F)(F)c1cc[c]c(OCc2ccccc2)c1. The van der Waals surface area contributed by atoms with E-state index in [1.807, 2.05) is 30.3 Å². The second-order valence-electron chi connectivity index (χ2n) is 3.71. The van der Waals surface area contributed by atoms with Crippen LogP contribution >= 0.6 is 0 Å². The van der Waals surface area contributed by atoms with Gasteiger partial charge in [0.05, 0.1) is 5.56 Å². The van der Waals surface area contributed by atoms with E-state index in [9.17, 15) is 13.2 Å². The van der Waals surface area contributed by atoms with E-state index < -0.39 is 11.7 Å². The van der Waals surface area contributed by atoms with Crippen molar-refractivity contribution in [3.63, 3.8) is 0 Å². The molecule has 0 amide bonds. The first-order valence-corrected chi connectivity index (χ1v) is 5.31. The predicted octanol–water partition coefficient (Wildman–Crippen LogP) is 4.08. The molecule has 93 valence electrons. The highest BCUT2D eigenvalue weighted by atomic mass is 19.4. The number of ether oxygens (including phenoxy) is 1. The summed E-state index contributed by atoms with van der Waals surface area (Å²) in [6.07, 6.45) is -4.36. The molecule has 0 unspecified atom stereocenters. The van der Waals surface area contributed by atoms with E-state index in [-0.39, 0.29) is 12.4 Å². The van der Waals surface area contributed by atoms with Crippen molar-refractivity contribution in [2.45, 2.75) is 12.8 Å². The van der Waals surface area contributed by atoms with Crippen molar-refractivity contribution in [2.24, 2.45) is 0 Å². The molecule has 0 aliphatic heterocycles. The first kappa shape index (κ1) is 12.5. The van der Waals surface area contributed by atoms with Crippen LogP contribution in [0.4, 0.5) is 13.2 Å². The summed E-state index contributed by atoms with van der Waals surface area (Å²) >= 11 is 0. The Balaban J connectivity index is 2.06. The highest BCUT2D eigenvalue weighted by molar-refractivity contribution is 5.29. The maximum Gasteiger partial charge on any atom is 0.416 e. The first-order chi connectivity index (χ1) is 8.55. The Morgan fingerprint density at radius 3 is 2.44 bits per heavy atom. The molecule has 0 aliphatic rings. The molecule has 18 heavy (non-hydrogen) atoms. The van der Waals surface area contributed by atoms with Crippen LogP contribution in [-0.2, 0) is 12.8 Å². The van der Waals surface area contributed by atoms with Crippen LogP contribution in [0.15, 0.2) is 48.5 Å². The van der Waals surface area contributed by atoms with Crippen molar-refractivity contribution in [3.8, 4) is 5.75 Å². The van der Waals surface area contributed by atoms with Crippen LogP contribution in [0.2, 0.25) is 0 Å². The molecule has 4 heteroatoms. The summed E-state index contributed by atoms with van der Waals surface area (Å²) in [5, 5.41) is 0. The Labute approximate surface area is 103 Å². The Hall–Kier alpha value is -1.97. The van der Waals surface area contributed by atoms with Crippen LogP contribution in [0, 0.1) is 6.07 Å². The molecule has 0 N–H and O–H groups in total. The van der Waals surface area contributed by atoms with E-state index in [2.05, 4.69) is 6.07 Å². The van der Waals surface area contributed by atoms with Gasteiger partial charge >= 0.3 is 6.18 Å². The molecule has 2 rings (SSSR count). The standard InChI is InChI=1S/C14H10F3O/c15-14(16,17)12-7-4-8-13(9-12)18-10-11-5-2-1-3-6-11/h1-7,9H,10H2. The second-order valence-corrected chi connectivity index (χ2v) is 3.71. The molecule has 0 aliphatic carbocycles. The van der Waals surface area contributed by atoms with Crippen molar-refractivity contribution in [2.75, 3.05) is 0 Å². The molecular weight excluding hydrogens is 241 g/mol. The minimum atomic E-state index is -4.36. The second kappa shape index (κ2) is 5.12. The fraction of sp³-hybridized carbons (Fsp3) is 0.143. The molecule has 0 heterocycles. The van der Waals surface area contributed by atoms with Gasteiger partial charge in [-0.15, -0.1) is 0 Å². The zero-order valence-corrected chi connectivity index (χ0v) is 9.37. The number of benzene rings is 2. The van der Waals surface area contributed by atoms with Gasteiger partial charge in [0.2, 0.25) is 0 Å². The fourth-order valence-corrected chi connectivity index (χ4v) is 1.44. The number of halogens is 3. The van der Waals surface area contributed by atoms with Gasteiger partial charge in [-0.1, -0.05) is 30.3 Å². The number of hydrogen-bond donors (Lipinski definition) is 0. The summed E-state index contributed by atoms with van der Waals surface area (Å²) in [5.41, 5.74) is 0.160. The number of rotatable bonds is 3. The van der Waals surface area contributed by atoms with Crippen molar-refractivity contribution in [3.05, 3.63) is 65.7 Å². The zero-order chi connectivity index (χ0) is 13.0. The van der Waals surface area contributed by atoms with Crippen molar-refractivity contribution in [1.29, 1.82) is 0 Å². The Bertz CT molecular complexity index is 506. The van der Waals surface area contributed by atoms with Crippen LogP contribution in [0.5, 0.6) is 5.75 Å². The highest BCUT2D eigenvalue weighted by Crippen LogP contribution is 2.31. The molecule has 0 bridgehead atoms. The van der Waals surface area contributed by atoms with Crippen LogP contribution in [0.1, 0.15) is 11.1 Å². The quantitative estimate of drug-likeness (QED) is 0.798. The Morgan fingerprint density at radius 1 is 1.06 bits per heavy atom. The van der Waals surface area contributed by atoms with E-state index in [0.717, 1.165) is 17.7 Å². The van der Waals surface area contributed by atoms with Gasteiger partial charge in [-0.2, -0.15) is 13.2 Å². The number of hydrogen-bond acceptors (Lipinski definition) is 1. The molecule has 2 aromatic rings. The third-order valence-corrected chi connectivity index (χ3v) is 2.34. The predicted molar refractivity (Wildman–Crippen MR) is 61.1 cm³/mol. The largest absolute Gasteiger partial charge is 0.488 e. The lowest BCUT2D eigenvalue weighted by Gasteiger charge is -2.09. The Morgan fingerprint density at radius 2 is 1.78 bits per heavy atom. The lowest BCUT2D eigenvalue weighted by molar-refractivity contribution is -0.137. The molecule has 0 saturated carbocycles. The van der Waals surface area contributed by atoms with E-state index in [1.165, 1.54) is 6.07 Å². The van der Waals surface area contributed by atoms with Gasteiger partial charge in [-0.05, 0) is 23.8 Å². The molecule has 0 atom stereocenters. The molecule has 1 nitrogen and oxygen atoms in total. The van der Waals surface area contributed by atoms with Crippen LogP contribution in [-0.4, -0.2) is 0 Å². The van der Waals surface area contributed by atoms with E-state index in [4.69, 9.17) is 4.74 Å². The van der Waals surface area contributed by atoms with Crippen molar-refractivity contribution >= 4 is 0 Å². The highest BCUT2D eigenvalue weighted by Gasteiger charge is 2.30. The normalized spacial score (nSPS) is 11.3. The van der Waals surface area contributed by atoms with Gasteiger partial charge in [0.15, 0.2) is 0 Å². The summed E-state index contributed by atoms with van der Waals surface area (Å²) in [4.78, 5) is 0. The third kappa shape index (κ3) is 3.26. The monoisotopic (exact) mass is 251 g/mol. The van der Waals surface area contributed by atoms with Gasteiger partial charge in [-0.25, -0.2) is 0 Å². The maximum atomic E-state index is 12.5. The third-order valence-electron chi connectivity index (χ3n) is 2.34. The molecule has 0 aromatic heterocycles. The zero-order valence-electron chi connectivity index (χ0n) is 9.37. The average molecular weight is 251 g/mol. The number of alkyl halides is 3. The van der Waals surface area contributed by atoms with Crippen molar-refractivity contribution < 1.29 is 17.9 Å². The Kier molecular flexibility index (Phi) is 3.55. The van der Waals surface area contributed by atoms with Gasteiger partial charge < -0.3 is 4.74 Å². The van der Waals surface area contributed by atoms with Crippen LogP contribution in [0.3, 0.4) is 0 Å². The maximum absolute atomic E-state index is 12.5. The average Bonchev–Trinajstić information content (AvgIpc) is 2.37. The van der Waals surface area contributed by atoms with Crippen LogP contribution < -0.4 is 4.74 Å². The summed E-state index contributed by atoms with van der Waals surface area (Å²) in [6, 6.07) is 15.0. The molecule has 0 saturated heterocycles. The lowest BCUT2D eigenvalue weighted by Crippen LogP contribution is -2.05. The van der Waals surface area contributed by atoms with Gasteiger partial charge in [0, 0.05) is 6.07 Å². The minimum Gasteiger partial charge on any atom is -0.488 e. The summed E-state index contributed by atoms with van der Waals surface area (Å²) < 4.78 is 42.7. The molecule has 0 fully saturated rings. The lowest BCUT2D eigenvalue weighted by atomic mass is 10.2. The van der Waals surface area contributed by atoms with E-state index in [1.54, 1.807) is 0 Å². The molecule has 2 aromatic carbocycles. The van der Waals surface area contributed by atoms with Gasteiger partial charge in [-0.3, -0.25) is 0 Å². The first-order valence-electron chi connectivity index (χ1n) is 5.31. The molecule has 1 radical (unpaired) electrons. The van der Waals surface area contributed by atoms with E-state index >= 15 is 0 Å². The van der Waals surface area contributed by atoms with Crippen LogP contribution in [0.25, 0.3) is 0 Å².